The summed E-state index contributed by atoms with van der Waals surface area (Å²) >= 11 is 33.9. The molecule has 0 atom stereocenters. The van der Waals surface area contributed by atoms with Crippen LogP contribution in [0, 0.1) is 5.41 Å². The Hall–Kier alpha value is 1.21. The van der Waals surface area contributed by atoms with Crippen LogP contribution in [0.2, 0.25) is 0 Å². The van der Waals surface area contributed by atoms with Crippen LogP contribution in [0.4, 0.5) is 0 Å². The Kier molecular flexibility index (Phi) is 7.38. The molecule has 0 aliphatic carbocycles. The van der Waals surface area contributed by atoms with Gasteiger partial charge in [0.15, 0.2) is 5.41 Å². The molecule has 0 aromatic carbocycles. The highest BCUT2D eigenvalue weighted by molar-refractivity contribution is 6.55. The van der Waals surface area contributed by atoms with Crippen LogP contribution < -0.4 is 0 Å². The molecule has 0 radical (unpaired) electrons. The third kappa shape index (κ3) is 3.34. The van der Waals surface area contributed by atoms with Crippen LogP contribution >= 0.6 is 69.6 Å². The van der Waals surface area contributed by atoms with Crippen molar-refractivity contribution in [2.24, 2.45) is 5.41 Å². The van der Waals surface area contributed by atoms with Crippen LogP contribution in [0.15, 0.2) is 0 Å². The maximum Gasteiger partial charge on any atom is 0.320 e. The van der Waals surface area contributed by atoms with E-state index in [0.29, 0.717) is 0 Å². The molecule has 0 N–H and O–H groups in total. The molecule has 15 heavy (non-hydrogen) atoms. The maximum atomic E-state index is 11.7. The van der Waals surface area contributed by atoms with E-state index in [1.165, 1.54) is 0 Å². The Balaban J connectivity index is 5.22. The SMILES string of the molecule is CCOC(=O)C(C(Cl)Cl)(C(Cl)Cl)C(Cl)Cl. The smallest absolute Gasteiger partial charge is 0.320 e. The molecule has 0 aromatic rings. The first-order valence-corrected chi connectivity index (χ1v) is 6.45. The summed E-state index contributed by atoms with van der Waals surface area (Å²) in [7, 11) is 0. The van der Waals surface area contributed by atoms with E-state index in [1.54, 1.807) is 6.92 Å². The van der Waals surface area contributed by atoms with Gasteiger partial charge in [-0.2, -0.15) is 0 Å². The van der Waals surface area contributed by atoms with Gasteiger partial charge in [-0.05, 0) is 6.92 Å². The van der Waals surface area contributed by atoms with Crippen molar-refractivity contribution in [1.29, 1.82) is 0 Å². The summed E-state index contributed by atoms with van der Waals surface area (Å²) in [5, 5.41) is 0. The van der Waals surface area contributed by atoms with Crippen LogP contribution in [0.25, 0.3) is 0 Å². The van der Waals surface area contributed by atoms with Crippen LogP contribution in [0.5, 0.6) is 0 Å². The minimum Gasteiger partial charge on any atom is -0.465 e. The van der Waals surface area contributed by atoms with Gasteiger partial charge >= 0.3 is 5.97 Å². The van der Waals surface area contributed by atoms with E-state index < -0.39 is 25.9 Å². The maximum absolute atomic E-state index is 11.7. The Bertz CT molecular complexity index is 196. The van der Waals surface area contributed by atoms with Crippen LogP contribution in [0.3, 0.4) is 0 Å². The van der Waals surface area contributed by atoms with Crippen molar-refractivity contribution < 1.29 is 9.53 Å². The summed E-state index contributed by atoms with van der Waals surface area (Å²) in [4.78, 5) is 7.82. The van der Waals surface area contributed by atoms with Crippen molar-refractivity contribution in [3.63, 3.8) is 0 Å². The second-order valence-corrected chi connectivity index (χ2v) is 5.84. The minimum absolute atomic E-state index is 0.113. The molecule has 0 rings (SSSR count). The number of esters is 1. The molecule has 0 aromatic heterocycles. The second kappa shape index (κ2) is 6.83. The van der Waals surface area contributed by atoms with Gasteiger partial charge in [0.05, 0.1) is 6.61 Å². The van der Waals surface area contributed by atoms with Crippen molar-refractivity contribution in [3.05, 3.63) is 0 Å². The third-order valence-electron chi connectivity index (χ3n) is 1.71. The molecule has 0 saturated heterocycles. The second-order valence-electron chi connectivity index (χ2n) is 2.56. The topological polar surface area (TPSA) is 26.3 Å². The lowest BCUT2D eigenvalue weighted by molar-refractivity contribution is -0.153. The predicted octanol–water partition coefficient (Wildman–Crippen LogP) is 3.95. The van der Waals surface area contributed by atoms with Crippen LogP contribution in [0.1, 0.15) is 6.92 Å². The average Bonchev–Trinajstić information content (AvgIpc) is 2.02. The zero-order valence-electron chi connectivity index (χ0n) is 7.52. The molecule has 0 spiro atoms. The van der Waals surface area contributed by atoms with Crippen LogP contribution in [-0.4, -0.2) is 27.1 Å². The molecule has 0 fully saturated rings. The van der Waals surface area contributed by atoms with Crippen molar-refractivity contribution in [2.75, 3.05) is 6.61 Å². The van der Waals surface area contributed by atoms with Crippen LogP contribution in [-0.2, 0) is 9.53 Å². The molecule has 0 heterocycles. The number of hydrogen-bond acceptors (Lipinski definition) is 2. The molecule has 90 valence electrons. The number of alkyl halides is 6. The molecule has 0 bridgehead atoms. The summed E-state index contributed by atoms with van der Waals surface area (Å²) in [6.07, 6.45) is 0. The van der Waals surface area contributed by atoms with Gasteiger partial charge in [-0.25, -0.2) is 0 Å². The van der Waals surface area contributed by atoms with E-state index >= 15 is 0 Å². The van der Waals surface area contributed by atoms with E-state index in [9.17, 15) is 4.79 Å². The average molecular weight is 337 g/mol. The van der Waals surface area contributed by atoms with E-state index in [0.717, 1.165) is 0 Å². The Morgan fingerprint density at radius 1 is 1.07 bits per heavy atom. The fourth-order valence-electron chi connectivity index (χ4n) is 0.809. The normalized spacial score (nSPS) is 12.7. The molecular formula is C7H8Cl6O2. The summed E-state index contributed by atoms with van der Waals surface area (Å²) < 4.78 is 4.75. The molecule has 0 aliphatic heterocycles. The van der Waals surface area contributed by atoms with Gasteiger partial charge in [0.1, 0.15) is 14.5 Å². The quantitative estimate of drug-likeness (QED) is 0.561. The zero-order valence-corrected chi connectivity index (χ0v) is 12.1. The van der Waals surface area contributed by atoms with E-state index in [2.05, 4.69) is 0 Å². The van der Waals surface area contributed by atoms with Gasteiger partial charge in [-0.15, -0.1) is 69.6 Å². The monoisotopic (exact) mass is 334 g/mol. The van der Waals surface area contributed by atoms with Crippen molar-refractivity contribution in [3.8, 4) is 0 Å². The molecular weight excluding hydrogens is 329 g/mol. The molecule has 0 amide bonds. The highest BCUT2D eigenvalue weighted by Gasteiger charge is 2.56. The Labute approximate surface area is 118 Å². The third-order valence-corrected chi connectivity index (χ3v) is 3.88. The molecule has 8 heteroatoms. The van der Waals surface area contributed by atoms with E-state index in [-0.39, 0.29) is 6.61 Å². The molecule has 2 nitrogen and oxygen atoms in total. The number of rotatable bonds is 5. The first kappa shape index (κ1) is 16.2. The summed E-state index contributed by atoms with van der Waals surface area (Å²) in [5.74, 6) is -0.829. The van der Waals surface area contributed by atoms with Crippen molar-refractivity contribution >= 4 is 75.6 Å². The zero-order chi connectivity index (χ0) is 12.2. The van der Waals surface area contributed by atoms with Crippen molar-refractivity contribution in [2.45, 2.75) is 21.4 Å². The summed E-state index contributed by atoms with van der Waals surface area (Å²) in [5.41, 5.74) is -1.76. The predicted molar refractivity (Wildman–Crippen MR) is 65.5 cm³/mol. The van der Waals surface area contributed by atoms with E-state index in [1.807, 2.05) is 0 Å². The standard InChI is InChI=1S/C7H8Cl6O2/c1-2-15-6(14)7(3(8)9,4(10)11)5(12)13/h3-5H,2H2,1H3. The molecule has 0 saturated carbocycles. The van der Waals surface area contributed by atoms with E-state index in [4.69, 9.17) is 74.3 Å². The lowest BCUT2D eigenvalue weighted by Crippen LogP contribution is -2.49. The van der Waals surface area contributed by atoms with Gasteiger partial charge < -0.3 is 4.74 Å². The van der Waals surface area contributed by atoms with Gasteiger partial charge in [-0.3, -0.25) is 4.79 Å². The highest BCUT2D eigenvalue weighted by atomic mass is 35.5. The fraction of sp³-hybridized carbons (Fsp3) is 0.857. The number of carbonyl (C=O) groups is 1. The molecule has 0 aliphatic rings. The lowest BCUT2D eigenvalue weighted by Gasteiger charge is -2.34. The van der Waals surface area contributed by atoms with Crippen molar-refractivity contribution in [1.82, 2.24) is 0 Å². The number of hydrogen-bond donors (Lipinski definition) is 0. The van der Waals surface area contributed by atoms with Gasteiger partial charge in [0, 0.05) is 0 Å². The first-order chi connectivity index (χ1) is 6.81. The Morgan fingerprint density at radius 2 is 1.40 bits per heavy atom. The summed E-state index contributed by atoms with van der Waals surface area (Å²) in [6.45, 7) is 1.72. The number of halogens is 6. The largest absolute Gasteiger partial charge is 0.465 e. The van der Waals surface area contributed by atoms with Gasteiger partial charge in [0.25, 0.3) is 0 Å². The number of ether oxygens (including phenoxy) is 1. The van der Waals surface area contributed by atoms with Gasteiger partial charge in [-0.1, -0.05) is 0 Å². The van der Waals surface area contributed by atoms with Gasteiger partial charge in [0.2, 0.25) is 0 Å². The summed E-state index contributed by atoms with van der Waals surface area (Å²) in [6, 6.07) is 0. The number of carbonyl (C=O) groups excluding carboxylic acids is 1. The Morgan fingerprint density at radius 3 is 1.60 bits per heavy atom. The minimum atomic E-state index is -1.76. The first-order valence-electron chi connectivity index (χ1n) is 3.83. The highest BCUT2D eigenvalue weighted by Crippen LogP contribution is 2.46. The lowest BCUT2D eigenvalue weighted by atomic mass is 9.95. The molecule has 0 unspecified atom stereocenters. The fourth-order valence-corrected chi connectivity index (χ4v) is 3.63.